The highest BCUT2D eigenvalue weighted by Crippen LogP contribution is 2.23. The molecule has 0 amide bonds. The SMILES string of the molecule is Cn1ncc(C(=O)O)c1S(=O)(=O)NC(C)(C)Cc1ccccc1Cl. The van der Waals surface area contributed by atoms with Crippen LogP contribution in [0, 0.1) is 0 Å². The first-order valence-corrected chi connectivity index (χ1v) is 8.92. The lowest BCUT2D eigenvalue weighted by molar-refractivity contribution is 0.0692. The smallest absolute Gasteiger partial charge is 0.340 e. The molecule has 0 aliphatic rings. The van der Waals surface area contributed by atoms with Gasteiger partial charge in [-0.3, -0.25) is 4.68 Å². The largest absolute Gasteiger partial charge is 0.478 e. The van der Waals surface area contributed by atoms with Gasteiger partial charge in [0.25, 0.3) is 10.0 Å². The maximum Gasteiger partial charge on any atom is 0.340 e. The Bertz CT molecular complexity index is 875. The molecule has 130 valence electrons. The normalized spacial score (nSPS) is 12.3. The summed E-state index contributed by atoms with van der Waals surface area (Å²) in [7, 11) is -2.71. The quantitative estimate of drug-likeness (QED) is 0.809. The predicted molar refractivity (Wildman–Crippen MR) is 89.7 cm³/mol. The van der Waals surface area contributed by atoms with E-state index in [9.17, 15) is 13.2 Å². The Kier molecular flexibility index (Phi) is 5.03. The van der Waals surface area contributed by atoms with Gasteiger partial charge in [0.1, 0.15) is 5.56 Å². The van der Waals surface area contributed by atoms with Gasteiger partial charge >= 0.3 is 5.97 Å². The molecular formula is C15H18ClN3O4S. The van der Waals surface area contributed by atoms with Crippen LogP contribution in [0.3, 0.4) is 0 Å². The zero-order valence-electron chi connectivity index (χ0n) is 13.4. The zero-order chi connectivity index (χ0) is 18.1. The van der Waals surface area contributed by atoms with Crippen molar-refractivity contribution in [1.29, 1.82) is 0 Å². The molecule has 0 spiro atoms. The van der Waals surface area contributed by atoms with Gasteiger partial charge in [0.15, 0.2) is 5.03 Å². The number of carbonyl (C=O) groups is 1. The third-order valence-electron chi connectivity index (χ3n) is 3.37. The second-order valence-corrected chi connectivity index (χ2v) is 8.05. The van der Waals surface area contributed by atoms with Gasteiger partial charge in [-0.05, 0) is 31.9 Å². The van der Waals surface area contributed by atoms with Crippen molar-refractivity contribution >= 4 is 27.6 Å². The highest BCUT2D eigenvalue weighted by atomic mass is 35.5. The molecule has 24 heavy (non-hydrogen) atoms. The van der Waals surface area contributed by atoms with Gasteiger partial charge in [0, 0.05) is 17.6 Å². The van der Waals surface area contributed by atoms with Crippen LogP contribution in [0.5, 0.6) is 0 Å². The number of nitrogens with zero attached hydrogens (tertiary/aromatic N) is 2. The average molecular weight is 372 g/mol. The molecule has 0 atom stereocenters. The topological polar surface area (TPSA) is 101 Å². The molecule has 0 aliphatic heterocycles. The highest BCUT2D eigenvalue weighted by molar-refractivity contribution is 7.89. The summed E-state index contributed by atoms with van der Waals surface area (Å²) in [4.78, 5) is 11.2. The molecule has 0 bridgehead atoms. The van der Waals surface area contributed by atoms with Crippen molar-refractivity contribution in [2.24, 2.45) is 7.05 Å². The Balaban J connectivity index is 2.33. The number of carboxylic acids is 1. The molecule has 0 saturated carbocycles. The number of aromatic nitrogens is 2. The average Bonchev–Trinajstić information content (AvgIpc) is 2.83. The molecule has 0 radical (unpaired) electrons. The number of aryl methyl sites for hydroxylation is 1. The highest BCUT2D eigenvalue weighted by Gasteiger charge is 2.32. The van der Waals surface area contributed by atoms with Gasteiger partial charge in [-0.15, -0.1) is 0 Å². The molecule has 9 heteroatoms. The Hall–Kier alpha value is -1.90. The lowest BCUT2D eigenvalue weighted by atomic mass is 9.96. The van der Waals surface area contributed by atoms with Crippen LogP contribution in [0.1, 0.15) is 29.8 Å². The molecule has 1 heterocycles. The Morgan fingerprint density at radius 2 is 2.00 bits per heavy atom. The first kappa shape index (κ1) is 18.4. The monoisotopic (exact) mass is 371 g/mol. The minimum Gasteiger partial charge on any atom is -0.478 e. The molecule has 0 aliphatic carbocycles. The van der Waals surface area contributed by atoms with Crippen LogP contribution in [0.25, 0.3) is 0 Å². The summed E-state index contributed by atoms with van der Waals surface area (Å²) < 4.78 is 28.9. The van der Waals surface area contributed by atoms with Crippen molar-refractivity contribution in [2.75, 3.05) is 0 Å². The van der Waals surface area contributed by atoms with Crippen molar-refractivity contribution in [3.63, 3.8) is 0 Å². The Morgan fingerprint density at radius 3 is 2.58 bits per heavy atom. The fourth-order valence-corrected chi connectivity index (χ4v) is 4.38. The van der Waals surface area contributed by atoms with Crippen LogP contribution < -0.4 is 4.72 Å². The van der Waals surface area contributed by atoms with Gasteiger partial charge in [0.2, 0.25) is 0 Å². The van der Waals surface area contributed by atoms with Crippen molar-refractivity contribution in [3.8, 4) is 0 Å². The van der Waals surface area contributed by atoms with Gasteiger partial charge in [-0.2, -0.15) is 5.10 Å². The standard InChI is InChI=1S/C15H18ClN3O4S/c1-15(2,8-10-6-4-5-7-12(10)16)18-24(22,23)13-11(14(20)21)9-17-19(13)3/h4-7,9,18H,8H2,1-3H3,(H,20,21). The number of benzene rings is 1. The second-order valence-electron chi connectivity index (χ2n) is 6.05. The Morgan fingerprint density at radius 1 is 1.38 bits per heavy atom. The third-order valence-corrected chi connectivity index (χ3v) is 5.55. The fraction of sp³-hybridized carbons (Fsp3) is 0.333. The Labute approximate surface area is 145 Å². The second kappa shape index (κ2) is 6.54. The van der Waals surface area contributed by atoms with Crippen LogP contribution in [0.15, 0.2) is 35.5 Å². The van der Waals surface area contributed by atoms with Gasteiger partial charge in [-0.1, -0.05) is 29.8 Å². The van der Waals surface area contributed by atoms with E-state index in [2.05, 4.69) is 9.82 Å². The van der Waals surface area contributed by atoms with E-state index < -0.39 is 21.5 Å². The van der Waals surface area contributed by atoms with E-state index in [1.165, 1.54) is 7.05 Å². The van der Waals surface area contributed by atoms with Crippen molar-refractivity contribution in [3.05, 3.63) is 46.6 Å². The maximum atomic E-state index is 12.7. The molecule has 0 fully saturated rings. The molecule has 1 aromatic carbocycles. The summed E-state index contributed by atoms with van der Waals surface area (Å²) in [6, 6.07) is 7.14. The molecule has 0 saturated heterocycles. The number of carboxylic acid groups (broad SMARTS) is 1. The molecule has 2 N–H and O–H groups in total. The van der Waals surface area contributed by atoms with Crippen LogP contribution in [0.4, 0.5) is 0 Å². The summed E-state index contributed by atoms with van der Waals surface area (Å²) in [5.74, 6) is -1.35. The molecule has 2 rings (SSSR count). The fourth-order valence-electron chi connectivity index (χ4n) is 2.46. The maximum absolute atomic E-state index is 12.7. The lowest BCUT2D eigenvalue weighted by Crippen LogP contribution is -2.45. The van der Waals surface area contributed by atoms with Gasteiger partial charge in [-0.25, -0.2) is 17.9 Å². The molecule has 2 aromatic rings. The van der Waals surface area contributed by atoms with Crippen LogP contribution in [-0.2, 0) is 23.5 Å². The summed E-state index contributed by atoms with van der Waals surface area (Å²) in [6.07, 6.45) is 1.35. The lowest BCUT2D eigenvalue weighted by Gasteiger charge is -2.26. The minimum absolute atomic E-state index is 0.339. The summed E-state index contributed by atoms with van der Waals surface area (Å²) in [5, 5.41) is 13.0. The van der Waals surface area contributed by atoms with Crippen molar-refractivity contribution in [2.45, 2.75) is 30.8 Å². The summed E-state index contributed by atoms with van der Waals surface area (Å²) in [5.41, 5.74) is -0.474. The summed E-state index contributed by atoms with van der Waals surface area (Å²) in [6.45, 7) is 3.40. The molecule has 7 nitrogen and oxygen atoms in total. The first-order valence-electron chi connectivity index (χ1n) is 7.06. The number of nitrogens with one attached hydrogen (secondary N) is 1. The van der Waals surface area contributed by atoms with Crippen LogP contribution in [-0.4, -0.2) is 34.8 Å². The first-order chi connectivity index (χ1) is 11.0. The molecule has 1 aromatic heterocycles. The van der Waals surface area contributed by atoms with E-state index in [0.29, 0.717) is 11.4 Å². The van der Waals surface area contributed by atoms with Crippen molar-refractivity contribution in [1.82, 2.24) is 14.5 Å². The van der Waals surface area contributed by atoms with E-state index in [0.717, 1.165) is 16.4 Å². The molecule has 0 unspecified atom stereocenters. The van der Waals surface area contributed by atoms with E-state index >= 15 is 0 Å². The van der Waals surface area contributed by atoms with Gasteiger partial charge in [0.05, 0.1) is 6.20 Å². The van der Waals surface area contributed by atoms with Crippen LogP contribution in [0.2, 0.25) is 5.02 Å². The number of hydrogen-bond donors (Lipinski definition) is 2. The van der Waals surface area contributed by atoms with E-state index in [-0.39, 0.29) is 10.6 Å². The number of sulfonamides is 1. The predicted octanol–water partition coefficient (Wildman–Crippen LogP) is 2.07. The molecular weight excluding hydrogens is 354 g/mol. The summed E-state index contributed by atoms with van der Waals surface area (Å²) >= 11 is 6.12. The third kappa shape index (κ3) is 3.95. The van der Waals surface area contributed by atoms with Crippen LogP contribution >= 0.6 is 11.6 Å². The number of rotatable bonds is 6. The number of aromatic carboxylic acids is 1. The van der Waals surface area contributed by atoms with E-state index in [4.69, 9.17) is 16.7 Å². The van der Waals surface area contributed by atoms with E-state index in [1.54, 1.807) is 26.0 Å². The van der Waals surface area contributed by atoms with Crippen molar-refractivity contribution < 1.29 is 18.3 Å². The van der Waals surface area contributed by atoms with E-state index in [1.807, 2.05) is 12.1 Å². The number of halogens is 1. The zero-order valence-corrected chi connectivity index (χ0v) is 15.0. The number of hydrogen-bond acceptors (Lipinski definition) is 4. The van der Waals surface area contributed by atoms with Gasteiger partial charge < -0.3 is 5.11 Å². The minimum atomic E-state index is -4.09.